The summed E-state index contributed by atoms with van der Waals surface area (Å²) >= 11 is 0. The first-order valence-electron chi connectivity index (χ1n) is 6.58. The maximum Gasteiger partial charge on any atom is 0.326 e. The molecule has 0 radical (unpaired) electrons. The van der Waals surface area contributed by atoms with Crippen LogP contribution in [0.1, 0.15) is 13.3 Å². The van der Waals surface area contributed by atoms with E-state index in [1.165, 1.54) is 6.20 Å². The number of likely N-dealkylation sites (tertiary alicyclic amines) is 1. The third kappa shape index (κ3) is 3.60. The molecule has 1 aliphatic rings. The number of amides is 2. The Morgan fingerprint density at radius 1 is 1.52 bits per heavy atom. The van der Waals surface area contributed by atoms with Crippen molar-refractivity contribution >= 4 is 17.7 Å². The Hall–Kier alpha value is -2.35. The van der Waals surface area contributed by atoms with E-state index in [9.17, 15) is 14.7 Å². The molecule has 1 saturated heterocycles. The second-order valence-electron chi connectivity index (χ2n) is 4.64. The molecule has 0 saturated carbocycles. The number of rotatable bonds is 4. The van der Waals surface area contributed by atoms with E-state index >= 15 is 0 Å². The van der Waals surface area contributed by atoms with E-state index in [0.717, 1.165) is 4.90 Å². The van der Waals surface area contributed by atoms with E-state index in [-0.39, 0.29) is 13.0 Å². The van der Waals surface area contributed by atoms with Crippen molar-refractivity contribution in [2.75, 3.05) is 18.5 Å². The van der Waals surface area contributed by atoms with Crippen LogP contribution in [-0.2, 0) is 4.79 Å². The lowest BCUT2D eigenvalue weighted by Gasteiger charge is -2.21. The molecule has 0 unspecified atom stereocenters. The SMILES string of the molecule is CCOc1ccc(NC(=O)N2C[C@@H](O)C[C@H]2C(=O)O)cn1. The first-order valence-corrected chi connectivity index (χ1v) is 6.58. The Balaban J connectivity index is 2.01. The first kappa shape index (κ1) is 15.0. The maximum absolute atomic E-state index is 12.1. The van der Waals surface area contributed by atoms with Crippen molar-refractivity contribution in [2.45, 2.75) is 25.5 Å². The van der Waals surface area contributed by atoms with E-state index in [0.29, 0.717) is 18.2 Å². The molecule has 1 aromatic rings. The predicted molar refractivity (Wildman–Crippen MR) is 73.2 cm³/mol. The molecule has 0 aromatic carbocycles. The molecule has 1 aromatic heterocycles. The molecule has 3 N–H and O–H groups in total. The van der Waals surface area contributed by atoms with E-state index in [1.54, 1.807) is 12.1 Å². The van der Waals surface area contributed by atoms with Gasteiger partial charge in [0.25, 0.3) is 0 Å². The molecule has 2 atom stereocenters. The highest BCUT2D eigenvalue weighted by Crippen LogP contribution is 2.20. The molecular weight excluding hydrogens is 278 g/mol. The summed E-state index contributed by atoms with van der Waals surface area (Å²) in [7, 11) is 0. The summed E-state index contributed by atoms with van der Waals surface area (Å²) in [5, 5.41) is 21.1. The number of nitrogens with zero attached hydrogens (tertiary/aromatic N) is 2. The van der Waals surface area contributed by atoms with Crippen molar-refractivity contribution < 1.29 is 24.5 Å². The summed E-state index contributed by atoms with van der Waals surface area (Å²) in [6, 6.07) is 1.62. The lowest BCUT2D eigenvalue weighted by molar-refractivity contribution is -0.141. The number of urea groups is 1. The minimum atomic E-state index is -1.13. The van der Waals surface area contributed by atoms with Crippen LogP contribution in [0.5, 0.6) is 5.88 Å². The van der Waals surface area contributed by atoms with Crippen LogP contribution in [0.2, 0.25) is 0 Å². The monoisotopic (exact) mass is 295 g/mol. The van der Waals surface area contributed by atoms with E-state index in [1.807, 2.05) is 6.92 Å². The molecule has 2 amide bonds. The number of nitrogens with one attached hydrogen (secondary N) is 1. The van der Waals surface area contributed by atoms with Crippen LogP contribution in [0.4, 0.5) is 10.5 Å². The zero-order valence-corrected chi connectivity index (χ0v) is 11.5. The molecule has 0 aliphatic carbocycles. The number of aliphatic carboxylic acids is 1. The summed E-state index contributed by atoms with van der Waals surface area (Å²) in [5.74, 6) is -0.693. The van der Waals surface area contributed by atoms with Crippen molar-refractivity contribution in [2.24, 2.45) is 0 Å². The maximum atomic E-state index is 12.1. The van der Waals surface area contributed by atoms with Crippen molar-refractivity contribution in [1.82, 2.24) is 9.88 Å². The molecule has 8 heteroatoms. The molecule has 21 heavy (non-hydrogen) atoms. The number of hydrogen-bond donors (Lipinski definition) is 3. The Bertz CT molecular complexity index is 519. The van der Waals surface area contributed by atoms with Crippen LogP contribution in [0.3, 0.4) is 0 Å². The van der Waals surface area contributed by atoms with Gasteiger partial charge in [0.15, 0.2) is 0 Å². The fourth-order valence-corrected chi connectivity index (χ4v) is 2.16. The first-order chi connectivity index (χ1) is 10.0. The second-order valence-corrected chi connectivity index (χ2v) is 4.64. The number of carboxylic acids is 1. The standard InChI is InChI=1S/C13H17N3O5/c1-2-21-11-4-3-8(6-14-11)15-13(20)16-7-9(17)5-10(16)12(18)19/h3-4,6,9-10,17H,2,5,7H2,1H3,(H,15,20)(H,18,19)/t9-,10-/m0/s1. The fourth-order valence-electron chi connectivity index (χ4n) is 2.16. The van der Waals surface area contributed by atoms with Crippen molar-refractivity contribution in [3.63, 3.8) is 0 Å². The number of hydrogen-bond acceptors (Lipinski definition) is 5. The van der Waals surface area contributed by atoms with Gasteiger partial charge in [0.2, 0.25) is 5.88 Å². The molecule has 0 bridgehead atoms. The molecule has 114 valence electrons. The van der Waals surface area contributed by atoms with Crippen molar-refractivity contribution in [3.8, 4) is 5.88 Å². The minimum Gasteiger partial charge on any atom is -0.480 e. The van der Waals surface area contributed by atoms with Crippen LogP contribution < -0.4 is 10.1 Å². The van der Waals surface area contributed by atoms with Gasteiger partial charge >= 0.3 is 12.0 Å². The third-order valence-electron chi connectivity index (χ3n) is 3.10. The van der Waals surface area contributed by atoms with Gasteiger partial charge in [-0.15, -0.1) is 0 Å². The highest BCUT2D eigenvalue weighted by molar-refractivity contribution is 5.92. The number of carboxylic acid groups (broad SMARTS) is 1. The lowest BCUT2D eigenvalue weighted by atomic mass is 10.2. The van der Waals surface area contributed by atoms with Gasteiger partial charge < -0.3 is 25.2 Å². The highest BCUT2D eigenvalue weighted by atomic mass is 16.5. The third-order valence-corrected chi connectivity index (χ3v) is 3.10. The number of carbonyl (C=O) groups is 2. The Morgan fingerprint density at radius 3 is 2.86 bits per heavy atom. The van der Waals surface area contributed by atoms with Crippen LogP contribution >= 0.6 is 0 Å². The lowest BCUT2D eigenvalue weighted by Crippen LogP contribution is -2.43. The summed E-state index contributed by atoms with van der Waals surface area (Å²) < 4.78 is 5.18. The topological polar surface area (TPSA) is 112 Å². The number of anilines is 1. The molecule has 8 nitrogen and oxygen atoms in total. The Morgan fingerprint density at radius 2 is 2.29 bits per heavy atom. The van der Waals surface area contributed by atoms with Crippen LogP contribution in [-0.4, -0.2) is 57.4 Å². The Kier molecular flexibility index (Phi) is 4.59. The van der Waals surface area contributed by atoms with Gasteiger partial charge in [-0.25, -0.2) is 14.6 Å². The number of aliphatic hydroxyl groups is 1. The Labute approximate surface area is 121 Å². The molecule has 2 rings (SSSR count). The molecule has 0 spiro atoms. The number of β-amino-alcohol motifs (C(OH)–C–C–N with tert-alkyl or cyclic N) is 1. The number of pyridine rings is 1. The van der Waals surface area contributed by atoms with E-state index in [2.05, 4.69) is 10.3 Å². The number of aromatic nitrogens is 1. The van der Waals surface area contributed by atoms with Crippen LogP contribution in [0, 0.1) is 0 Å². The van der Waals surface area contributed by atoms with Crippen LogP contribution in [0.15, 0.2) is 18.3 Å². The van der Waals surface area contributed by atoms with Crippen LogP contribution in [0.25, 0.3) is 0 Å². The van der Waals surface area contributed by atoms with Gasteiger partial charge in [0.1, 0.15) is 6.04 Å². The second kappa shape index (κ2) is 6.40. The fraction of sp³-hybridized carbons (Fsp3) is 0.462. The van der Waals surface area contributed by atoms with E-state index in [4.69, 9.17) is 9.84 Å². The summed E-state index contributed by atoms with van der Waals surface area (Å²) in [4.78, 5) is 28.2. The van der Waals surface area contributed by atoms with Gasteiger partial charge in [-0.3, -0.25) is 0 Å². The number of aliphatic hydroxyl groups excluding tert-OH is 1. The van der Waals surface area contributed by atoms with Gasteiger partial charge in [-0.1, -0.05) is 0 Å². The van der Waals surface area contributed by atoms with Gasteiger partial charge in [0.05, 0.1) is 24.6 Å². The quantitative estimate of drug-likeness (QED) is 0.747. The minimum absolute atomic E-state index is 0.00669. The van der Waals surface area contributed by atoms with Gasteiger partial charge in [-0.05, 0) is 13.0 Å². The van der Waals surface area contributed by atoms with Gasteiger partial charge in [-0.2, -0.15) is 0 Å². The summed E-state index contributed by atoms with van der Waals surface area (Å²) in [6.07, 6.45) is 0.630. The van der Waals surface area contributed by atoms with Gasteiger partial charge in [0, 0.05) is 19.0 Å². The number of ether oxygens (including phenoxy) is 1. The van der Waals surface area contributed by atoms with Crippen molar-refractivity contribution in [3.05, 3.63) is 18.3 Å². The zero-order chi connectivity index (χ0) is 15.4. The zero-order valence-electron chi connectivity index (χ0n) is 11.5. The molecule has 1 fully saturated rings. The normalized spacial score (nSPS) is 21.1. The summed E-state index contributed by atoms with van der Waals surface area (Å²) in [5.41, 5.74) is 0.425. The number of carbonyl (C=O) groups excluding carboxylic acids is 1. The smallest absolute Gasteiger partial charge is 0.326 e. The molecular formula is C13H17N3O5. The average molecular weight is 295 g/mol. The average Bonchev–Trinajstić information content (AvgIpc) is 2.84. The molecule has 1 aliphatic heterocycles. The predicted octanol–water partition coefficient (Wildman–Crippen LogP) is 0.532. The summed E-state index contributed by atoms with van der Waals surface area (Å²) in [6.45, 7) is 2.32. The largest absolute Gasteiger partial charge is 0.480 e. The molecule has 2 heterocycles. The van der Waals surface area contributed by atoms with E-state index < -0.39 is 24.1 Å². The highest BCUT2D eigenvalue weighted by Gasteiger charge is 2.38. The van der Waals surface area contributed by atoms with Crippen molar-refractivity contribution in [1.29, 1.82) is 0 Å².